The zero-order valence-corrected chi connectivity index (χ0v) is 19.1. The van der Waals surface area contributed by atoms with E-state index in [0.29, 0.717) is 18.0 Å². The van der Waals surface area contributed by atoms with Crippen LogP contribution in [0.5, 0.6) is 11.5 Å². The highest BCUT2D eigenvalue weighted by Gasteiger charge is 2.21. The highest BCUT2D eigenvalue weighted by atomic mass is 16.5. The Balaban J connectivity index is 1.59. The van der Waals surface area contributed by atoms with Gasteiger partial charge in [0.2, 0.25) is 0 Å². The predicted octanol–water partition coefficient (Wildman–Crippen LogP) is 5.70. The molecule has 4 aromatic rings. The molecule has 0 spiro atoms. The Kier molecular flexibility index (Phi) is 6.83. The van der Waals surface area contributed by atoms with E-state index in [2.05, 4.69) is 28.6 Å². The zero-order chi connectivity index (χ0) is 23.2. The summed E-state index contributed by atoms with van der Waals surface area (Å²) in [5, 5.41) is 7.08. The quantitative estimate of drug-likeness (QED) is 0.327. The van der Waals surface area contributed by atoms with Gasteiger partial charge in [0.05, 0.1) is 14.2 Å². The van der Waals surface area contributed by atoms with Gasteiger partial charge < -0.3 is 25.1 Å². The lowest BCUT2D eigenvalue weighted by atomic mass is 9.90. The number of amides is 2. The van der Waals surface area contributed by atoms with Crippen LogP contribution in [0.3, 0.4) is 0 Å². The molecule has 0 aliphatic heterocycles. The first-order valence-corrected chi connectivity index (χ1v) is 11.0. The summed E-state index contributed by atoms with van der Waals surface area (Å²) in [6.07, 6.45) is 2.97. The Hall–Kier alpha value is -3.93. The van der Waals surface area contributed by atoms with Crippen molar-refractivity contribution >= 4 is 22.6 Å². The van der Waals surface area contributed by atoms with E-state index in [0.717, 1.165) is 34.1 Å². The molecule has 0 radical (unpaired) electrons. The molecular weight excluding hydrogens is 414 g/mol. The number of para-hydroxylation sites is 1. The van der Waals surface area contributed by atoms with Gasteiger partial charge in [0.1, 0.15) is 0 Å². The maximum atomic E-state index is 12.7. The molecule has 0 aliphatic rings. The van der Waals surface area contributed by atoms with E-state index in [4.69, 9.17) is 9.47 Å². The topological polar surface area (TPSA) is 75.4 Å². The Bertz CT molecular complexity index is 1230. The first-order chi connectivity index (χ1) is 16.1. The molecule has 4 rings (SSSR count). The Morgan fingerprint density at radius 3 is 2.45 bits per heavy atom. The largest absolute Gasteiger partial charge is 0.493 e. The van der Waals surface area contributed by atoms with Gasteiger partial charge in [-0.25, -0.2) is 4.79 Å². The van der Waals surface area contributed by atoms with Crippen LogP contribution in [-0.2, 0) is 6.42 Å². The van der Waals surface area contributed by atoms with Crippen LogP contribution in [-0.4, -0.2) is 31.8 Å². The minimum Gasteiger partial charge on any atom is -0.493 e. The van der Waals surface area contributed by atoms with Crippen molar-refractivity contribution in [1.29, 1.82) is 0 Å². The van der Waals surface area contributed by atoms with Crippen molar-refractivity contribution < 1.29 is 14.3 Å². The van der Waals surface area contributed by atoms with Crippen molar-refractivity contribution in [2.75, 3.05) is 26.1 Å². The number of hydrogen-bond acceptors (Lipinski definition) is 3. The van der Waals surface area contributed by atoms with E-state index >= 15 is 0 Å². The lowest BCUT2D eigenvalue weighted by Crippen LogP contribution is -2.32. The minimum absolute atomic E-state index is 0.0887. The van der Waals surface area contributed by atoms with Crippen molar-refractivity contribution in [1.82, 2.24) is 10.3 Å². The molecule has 6 nitrogen and oxygen atoms in total. The highest BCUT2D eigenvalue weighted by molar-refractivity contribution is 5.89. The molecule has 33 heavy (non-hydrogen) atoms. The van der Waals surface area contributed by atoms with Crippen molar-refractivity contribution in [2.45, 2.75) is 19.3 Å². The van der Waals surface area contributed by atoms with Crippen LogP contribution in [0.25, 0.3) is 10.9 Å². The molecular formula is C27H29N3O3. The summed E-state index contributed by atoms with van der Waals surface area (Å²) in [6, 6.07) is 21.7. The molecule has 3 aromatic carbocycles. The summed E-state index contributed by atoms with van der Waals surface area (Å²) in [4.78, 5) is 16.0. The number of carbonyl (C=O) groups excluding carboxylic acids is 1. The van der Waals surface area contributed by atoms with Crippen LogP contribution in [0.2, 0.25) is 0 Å². The van der Waals surface area contributed by atoms with Crippen molar-refractivity contribution in [3.05, 3.63) is 89.6 Å². The molecule has 1 heterocycles. The molecule has 170 valence electrons. The summed E-state index contributed by atoms with van der Waals surface area (Å²) in [7, 11) is 3.24. The van der Waals surface area contributed by atoms with Gasteiger partial charge in [-0.15, -0.1) is 0 Å². The summed E-state index contributed by atoms with van der Waals surface area (Å²) in [6.45, 7) is 2.52. The second kappa shape index (κ2) is 10.1. The summed E-state index contributed by atoms with van der Waals surface area (Å²) in [5.41, 5.74) is 5.17. The fourth-order valence-electron chi connectivity index (χ4n) is 4.05. The third kappa shape index (κ3) is 4.95. The van der Waals surface area contributed by atoms with Crippen molar-refractivity contribution in [2.24, 2.45) is 0 Å². The van der Waals surface area contributed by atoms with Gasteiger partial charge in [0.15, 0.2) is 11.5 Å². The monoisotopic (exact) mass is 443 g/mol. The Labute approximate surface area is 193 Å². The molecule has 2 amide bonds. The lowest BCUT2D eigenvalue weighted by molar-refractivity contribution is 0.252. The lowest BCUT2D eigenvalue weighted by Gasteiger charge is -2.20. The molecule has 6 heteroatoms. The standard InChI is InChI=1S/C27H29N3O3/c1-4-18-9-12-20(13-10-18)30-27(31)29-16-22(19-11-14-25(32-2)26(15-19)33-3)23-17-28-24-8-6-5-7-21(23)24/h5-15,17,22,28H,4,16H2,1-3H3,(H2,29,30,31)/t22-/m0/s1. The van der Waals surface area contributed by atoms with Gasteiger partial charge in [0.25, 0.3) is 0 Å². The van der Waals surface area contributed by atoms with E-state index < -0.39 is 0 Å². The average molecular weight is 444 g/mol. The molecule has 0 aliphatic carbocycles. The number of ether oxygens (including phenoxy) is 2. The highest BCUT2D eigenvalue weighted by Crippen LogP contribution is 2.35. The second-order valence-corrected chi connectivity index (χ2v) is 7.84. The van der Waals surface area contributed by atoms with E-state index in [-0.39, 0.29) is 11.9 Å². The molecule has 1 atom stereocenters. The number of benzene rings is 3. The van der Waals surface area contributed by atoms with Crippen LogP contribution in [0.15, 0.2) is 72.9 Å². The van der Waals surface area contributed by atoms with Crippen LogP contribution < -0.4 is 20.1 Å². The number of aromatic amines is 1. The van der Waals surface area contributed by atoms with Crippen molar-refractivity contribution in [3.8, 4) is 11.5 Å². The number of methoxy groups -OCH3 is 2. The number of nitrogens with one attached hydrogen (secondary N) is 3. The minimum atomic E-state index is -0.246. The number of aryl methyl sites for hydroxylation is 1. The van der Waals surface area contributed by atoms with E-state index in [1.165, 1.54) is 5.56 Å². The maximum Gasteiger partial charge on any atom is 0.319 e. The number of rotatable bonds is 8. The normalized spacial score (nSPS) is 11.7. The number of carbonyl (C=O) groups is 1. The smallest absolute Gasteiger partial charge is 0.319 e. The maximum absolute atomic E-state index is 12.7. The Morgan fingerprint density at radius 2 is 1.73 bits per heavy atom. The summed E-state index contributed by atoms with van der Waals surface area (Å²) in [5.74, 6) is 1.23. The van der Waals surface area contributed by atoms with E-state index in [1.54, 1.807) is 14.2 Å². The van der Waals surface area contributed by atoms with Crippen LogP contribution in [0.4, 0.5) is 10.5 Å². The van der Waals surface area contributed by atoms with Gasteiger partial charge in [-0.05, 0) is 53.4 Å². The number of H-pyrrole nitrogens is 1. The van der Waals surface area contributed by atoms with Gasteiger partial charge in [-0.3, -0.25) is 0 Å². The third-order valence-corrected chi connectivity index (χ3v) is 5.89. The summed E-state index contributed by atoms with van der Waals surface area (Å²) >= 11 is 0. The molecule has 1 aromatic heterocycles. The second-order valence-electron chi connectivity index (χ2n) is 7.84. The van der Waals surface area contributed by atoms with E-state index in [1.807, 2.05) is 66.9 Å². The first kappa shape index (κ1) is 22.3. The zero-order valence-electron chi connectivity index (χ0n) is 19.1. The molecule has 0 fully saturated rings. The molecule has 0 bridgehead atoms. The fourth-order valence-corrected chi connectivity index (χ4v) is 4.05. The third-order valence-electron chi connectivity index (χ3n) is 5.89. The number of anilines is 1. The molecule has 3 N–H and O–H groups in total. The van der Waals surface area contributed by atoms with Crippen LogP contribution >= 0.6 is 0 Å². The van der Waals surface area contributed by atoms with Gasteiger partial charge in [0, 0.05) is 35.2 Å². The fraction of sp³-hybridized carbons (Fsp3) is 0.222. The van der Waals surface area contributed by atoms with Gasteiger partial charge in [-0.1, -0.05) is 43.3 Å². The molecule has 0 saturated heterocycles. The Morgan fingerprint density at radius 1 is 0.970 bits per heavy atom. The number of fused-ring (bicyclic) bond motifs is 1. The number of hydrogen-bond donors (Lipinski definition) is 3. The molecule has 0 saturated carbocycles. The SMILES string of the molecule is CCc1ccc(NC(=O)NC[C@@H](c2ccc(OC)c(OC)c2)c2c[nH]c3ccccc23)cc1. The van der Waals surface area contributed by atoms with E-state index in [9.17, 15) is 4.79 Å². The van der Waals surface area contributed by atoms with Gasteiger partial charge in [-0.2, -0.15) is 0 Å². The first-order valence-electron chi connectivity index (χ1n) is 11.0. The number of urea groups is 1. The average Bonchev–Trinajstić information content (AvgIpc) is 3.28. The van der Waals surface area contributed by atoms with Crippen LogP contribution in [0, 0.1) is 0 Å². The molecule has 0 unspecified atom stereocenters. The number of aromatic nitrogens is 1. The summed E-state index contributed by atoms with van der Waals surface area (Å²) < 4.78 is 10.9. The van der Waals surface area contributed by atoms with Gasteiger partial charge >= 0.3 is 6.03 Å². The van der Waals surface area contributed by atoms with Crippen molar-refractivity contribution in [3.63, 3.8) is 0 Å². The predicted molar refractivity (Wildman–Crippen MR) is 133 cm³/mol. The van der Waals surface area contributed by atoms with Crippen LogP contribution in [0.1, 0.15) is 29.5 Å².